The van der Waals surface area contributed by atoms with Gasteiger partial charge in [-0.05, 0) is 49.1 Å². The molecule has 1 aliphatic rings. The highest BCUT2D eigenvalue weighted by molar-refractivity contribution is 5.92. The second-order valence-electron chi connectivity index (χ2n) is 6.78. The largest absolute Gasteiger partial charge is 0.399 e. The topological polar surface area (TPSA) is 88.3 Å². The highest BCUT2D eigenvalue weighted by atomic mass is 35.5. The number of benzene rings is 1. The molecular formula is C20H26Cl2N4O2. The number of pyridine rings is 1. The lowest BCUT2D eigenvalue weighted by Crippen LogP contribution is -2.42. The number of aryl methyl sites for hydroxylation is 1. The number of hydrogen-bond acceptors (Lipinski definition) is 4. The zero-order valence-corrected chi connectivity index (χ0v) is 17.4. The molecule has 2 aromatic rings. The number of nitrogens with zero attached hydrogens (tertiary/aromatic N) is 2. The first-order chi connectivity index (χ1) is 12.5. The van der Waals surface area contributed by atoms with Gasteiger partial charge in [-0.3, -0.25) is 9.59 Å². The van der Waals surface area contributed by atoms with E-state index in [9.17, 15) is 9.59 Å². The fourth-order valence-corrected chi connectivity index (χ4v) is 3.08. The number of nitrogen functional groups attached to an aromatic ring is 1. The summed E-state index contributed by atoms with van der Waals surface area (Å²) in [6.07, 6.45) is 3.44. The Kier molecular flexibility index (Phi) is 9.22. The molecule has 0 radical (unpaired) electrons. The maximum atomic E-state index is 12.4. The predicted molar refractivity (Wildman–Crippen MR) is 116 cm³/mol. The number of aromatic nitrogens is 1. The summed E-state index contributed by atoms with van der Waals surface area (Å²) in [6, 6.07) is 11.1. The van der Waals surface area contributed by atoms with Crippen molar-refractivity contribution in [2.75, 3.05) is 24.1 Å². The van der Waals surface area contributed by atoms with E-state index in [-0.39, 0.29) is 42.5 Å². The summed E-state index contributed by atoms with van der Waals surface area (Å²) in [5.74, 6) is 0.557. The van der Waals surface area contributed by atoms with Gasteiger partial charge in [-0.25, -0.2) is 4.98 Å². The molecular weight excluding hydrogens is 399 g/mol. The summed E-state index contributed by atoms with van der Waals surface area (Å²) in [5.41, 5.74) is 8.36. The molecule has 8 heteroatoms. The highest BCUT2D eigenvalue weighted by Gasteiger charge is 2.27. The summed E-state index contributed by atoms with van der Waals surface area (Å²) < 4.78 is 0. The van der Waals surface area contributed by atoms with Crippen molar-refractivity contribution in [3.05, 3.63) is 53.7 Å². The lowest BCUT2D eigenvalue weighted by molar-refractivity contribution is -0.133. The Hall–Kier alpha value is -2.31. The van der Waals surface area contributed by atoms with E-state index in [4.69, 9.17) is 5.73 Å². The van der Waals surface area contributed by atoms with E-state index in [1.54, 1.807) is 24.4 Å². The minimum Gasteiger partial charge on any atom is -0.399 e. The van der Waals surface area contributed by atoms with Crippen LogP contribution in [0.5, 0.6) is 0 Å². The molecule has 1 aromatic carbocycles. The molecule has 1 aliphatic heterocycles. The Bertz CT molecular complexity index is 706. The Morgan fingerprint density at radius 2 is 1.75 bits per heavy atom. The minimum atomic E-state index is -0.0846. The summed E-state index contributed by atoms with van der Waals surface area (Å²) in [7, 11) is 0. The summed E-state index contributed by atoms with van der Waals surface area (Å²) in [4.78, 5) is 30.9. The first-order valence-corrected chi connectivity index (χ1v) is 8.87. The molecule has 2 heterocycles. The Balaban J connectivity index is 0.00000196. The van der Waals surface area contributed by atoms with Crippen molar-refractivity contribution in [1.29, 1.82) is 0 Å². The molecule has 0 unspecified atom stereocenters. The third kappa shape index (κ3) is 6.39. The molecule has 3 rings (SSSR count). The van der Waals surface area contributed by atoms with Crippen molar-refractivity contribution in [2.24, 2.45) is 5.92 Å². The lowest BCUT2D eigenvalue weighted by Gasteiger charge is -2.31. The molecule has 1 aromatic heterocycles. The van der Waals surface area contributed by atoms with Gasteiger partial charge in [0.15, 0.2) is 0 Å². The molecule has 0 bridgehead atoms. The number of anilines is 2. The van der Waals surface area contributed by atoms with Gasteiger partial charge in [-0.2, -0.15) is 0 Å². The molecule has 28 heavy (non-hydrogen) atoms. The average Bonchev–Trinajstić information content (AvgIpc) is 2.65. The fraction of sp³-hybridized carbons (Fsp3) is 0.350. The number of nitrogens with two attached hydrogens (primary N) is 1. The molecule has 2 amide bonds. The molecule has 6 nitrogen and oxygen atoms in total. The van der Waals surface area contributed by atoms with E-state index in [1.807, 2.05) is 30.0 Å². The van der Waals surface area contributed by atoms with Gasteiger partial charge in [0.1, 0.15) is 5.82 Å². The first-order valence-electron chi connectivity index (χ1n) is 8.87. The smallest absolute Gasteiger partial charge is 0.228 e. The van der Waals surface area contributed by atoms with Crippen LogP contribution in [0.25, 0.3) is 0 Å². The number of halogens is 2. The van der Waals surface area contributed by atoms with Gasteiger partial charge in [0.2, 0.25) is 11.8 Å². The van der Waals surface area contributed by atoms with Gasteiger partial charge < -0.3 is 16.0 Å². The van der Waals surface area contributed by atoms with E-state index in [0.717, 1.165) is 11.1 Å². The fourth-order valence-electron chi connectivity index (χ4n) is 3.08. The van der Waals surface area contributed by atoms with Crippen LogP contribution >= 0.6 is 24.8 Å². The molecule has 152 valence electrons. The van der Waals surface area contributed by atoms with Crippen LogP contribution in [-0.2, 0) is 16.0 Å². The van der Waals surface area contributed by atoms with Gasteiger partial charge in [0.25, 0.3) is 0 Å². The van der Waals surface area contributed by atoms with Crippen LogP contribution in [0, 0.1) is 12.8 Å². The molecule has 0 saturated carbocycles. The lowest BCUT2D eigenvalue weighted by atomic mass is 9.95. The van der Waals surface area contributed by atoms with E-state index in [0.29, 0.717) is 43.9 Å². The number of piperidine rings is 1. The molecule has 0 aliphatic carbocycles. The first kappa shape index (κ1) is 23.7. The molecule has 3 N–H and O–H groups in total. The van der Waals surface area contributed by atoms with E-state index in [2.05, 4.69) is 10.3 Å². The molecule has 1 fully saturated rings. The van der Waals surface area contributed by atoms with Crippen LogP contribution in [0.4, 0.5) is 11.5 Å². The van der Waals surface area contributed by atoms with E-state index < -0.39 is 0 Å². The number of carbonyl (C=O) groups is 2. The molecule has 0 spiro atoms. The van der Waals surface area contributed by atoms with Crippen LogP contribution in [-0.4, -0.2) is 34.8 Å². The highest BCUT2D eigenvalue weighted by Crippen LogP contribution is 2.20. The standard InChI is InChI=1S/C20H24N4O2.2ClH/c1-14-2-7-18(22-13-14)23-20(26)16-8-10-24(11-9-16)19(25)12-15-3-5-17(21)6-4-15;;/h2-7,13,16H,8-12,21H2,1H3,(H,22,23,26);2*1H. The quantitative estimate of drug-likeness (QED) is 0.737. The van der Waals surface area contributed by atoms with Gasteiger partial charge in [0, 0.05) is 30.9 Å². The number of hydrogen-bond donors (Lipinski definition) is 2. The van der Waals surface area contributed by atoms with Crippen LogP contribution in [0.15, 0.2) is 42.6 Å². The molecule has 1 saturated heterocycles. The van der Waals surface area contributed by atoms with Crippen molar-refractivity contribution >= 4 is 48.1 Å². The van der Waals surface area contributed by atoms with Gasteiger partial charge in [0.05, 0.1) is 6.42 Å². The third-order valence-corrected chi connectivity index (χ3v) is 4.72. The van der Waals surface area contributed by atoms with Gasteiger partial charge in [-0.1, -0.05) is 18.2 Å². The number of amides is 2. The van der Waals surface area contributed by atoms with Crippen molar-refractivity contribution in [3.8, 4) is 0 Å². The maximum absolute atomic E-state index is 12.4. The van der Waals surface area contributed by atoms with E-state index in [1.165, 1.54) is 0 Å². The number of nitrogens with one attached hydrogen (secondary N) is 1. The molecule has 0 atom stereocenters. The minimum absolute atomic E-state index is 0. The summed E-state index contributed by atoms with van der Waals surface area (Å²) >= 11 is 0. The zero-order valence-electron chi connectivity index (χ0n) is 15.8. The Morgan fingerprint density at radius 1 is 1.11 bits per heavy atom. The number of carbonyl (C=O) groups excluding carboxylic acids is 2. The maximum Gasteiger partial charge on any atom is 0.228 e. The predicted octanol–water partition coefficient (Wildman–Crippen LogP) is 3.24. The van der Waals surface area contributed by atoms with Crippen molar-refractivity contribution in [3.63, 3.8) is 0 Å². The second kappa shape index (κ2) is 10.9. The van der Waals surface area contributed by atoms with E-state index >= 15 is 0 Å². The number of likely N-dealkylation sites (tertiary alicyclic amines) is 1. The normalized spacial score (nSPS) is 13.8. The van der Waals surface area contributed by atoms with Gasteiger partial charge >= 0.3 is 0 Å². The van der Waals surface area contributed by atoms with Gasteiger partial charge in [-0.15, -0.1) is 24.8 Å². The Morgan fingerprint density at radius 3 is 2.32 bits per heavy atom. The second-order valence-corrected chi connectivity index (χ2v) is 6.78. The van der Waals surface area contributed by atoms with Crippen LogP contribution in [0.1, 0.15) is 24.0 Å². The zero-order chi connectivity index (χ0) is 18.5. The monoisotopic (exact) mass is 424 g/mol. The van der Waals surface area contributed by atoms with Crippen LogP contribution in [0.2, 0.25) is 0 Å². The number of rotatable bonds is 4. The summed E-state index contributed by atoms with van der Waals surface area (Å²) in [5, 5.41) is 2.86. The van der Waals surface area contributed by atoms with Crippen molar-refractivity contribution in [1.82, 2.24) is 9.88 Å². The Labute approximate surface area is 177 Å². The summed E-state index contributed by atoms with van der Waals surface area (Å²) in [6.45, 7) is 3.16. The van der Waals surface area contributed by atoms with Crippen molar-refractivity contribution < 1.29 is 9.59 Å². The van der Waals surface area contributed by atoms with Crippen LogP contribution < -0.4 is 11.1 Å². The van der Waals surface area contributed by atoms with Crippen molar-refractivity contribution in [2.45, 2.75) is 26.2 Å². The third-order valence-electron chi connectivity index (χ3n) is 4.72. The average molecular weight is 425 g/mol. The van der Waals surface area contributed by atoms with Crippen LogP contribution in [0.3, 0.4) is 0 Å². The SMILES string of the molecule is Cc1ccc(NC(=O)C2CCN(C(=O)Cc3ccc(N)cc3)CC2)nc1.Cl.Cl.